The highest BCUT2D eigenvalue weighted by Crippen LogP contribution is 2.45. The number of cyclic esters (lactones) is 1. The minimum Gasteiger partial charge on any atom is -0.458 e. The number of ketones is 1. The third-order valence-corrected chi connectivity index (χ3v) is 18.3. The number of carbonyl (C=O) groups is 5. The normalized spacial score (nSPS) is 34.6. The van der Waals surface area contributed by atoms with Crippen molar-refractivity contribution >= 4 is 35.5 Å². The van der Waals surface area contributed by atoms with E-state index in [1.54, 1.807) is 99.0 Å². The summed E-state index contributed by atoms with van der Waals surface area (Å²) in [5, 5.41) is 8.69. The largest absolute Gasteiger partial charge is 0.458 e. The average Bonchev–Trinajstić information content (AvgIpc) is 2.01. The molecule has 86 heavy (non-hydrogen) atoms. The first-order valence-electron chi connectivity index (χ1n) is 30.3. The molecule has 4 aromatic rings. The van der Waals surface area contributed by atoms with Crippen LogP contribution in [0, 0.1) is 23.7 Å². The summed E-state index contributed by atoms with van der Waals surface area (Å²) >= 11 is 0. The molecule has 18 atom stereocenters. The van der Waals surface area contributed by atoms with Gasteiger partial charge in [0, 0.05) is 62.7 Å². The van der Waals surface area contributed by atoms with Crippen LogP contribution in [0.3, 0.4) is 0 Å². The zero-order valence-corrected chi connectivity index (χ0v) is 52.4. The first kappa shape index (κ1) is 65.6. The lowest BCUT2D eigenvalue weighted by atomic mass is 9.73. The molecule has 4 aliphatic rings. The Morgan fingerprint density at radius 2 is 1.38 bits per heavy atom. The molecule has 4 fully saturated rings. The molecular formula is C65H90N6O15. The molecule has 0 spiro atoms. The van der Waals surface area contributed by atoms with E-state index in [9.17, 15) is 14.4 Å². The topological polar surface area (TPSA) is 241 Å². The van der Waals surface area contributed by atoms with Crippen molar-refractivity contribution in [2.75, 3.05) is 40.6 Å². The van der Waals surface area contributed by atoms with Crippen molar-refractivity contribution in [2.24, 2.45) is 23.7 Å². The van der Waals surface area contributed by atoms with E-state index in [4.69, 9.17) is 53.1 Å². The fourth-order valence-electron chi connectivity index (χ4n) is 13.5. The number of esters is 3. The average molecular weight is 1200 g/mol. The zero-order chi connectivity index (χ0) is 62.4. The minimum atomic E-state index is -1.50. The van der Waals surface area contributed by atoms with Gasteiger partial charge in [-0.1, -0.05) is 81.4 Å². The zero-order valence-electron chi connectivity index (χ0n) is 52.4. The van der Waals surface area contributed by atoms with Crippen molar-refractivity contribution in [3.63, 3.8) is 0 Å². The molecule has 0 aliphatic carbocycles. The van der Waals surface area contributed by atoms with Crippen LogP contribution < -0.4 is 5.73 Å². The van der Waals surface area contributed by atoms with Crippen LogP contribution in [0.25, 0.3) is 11.3 Å². The van der Waals surface area contributed by atoms with Gasteiger partial charge in [-0.15, -0.1) is 5.10 Å². The lowest BCUT2D eigenvalue weighted by molar-refractivity contribution is -0.318. The highest BCUT2D eigenvalue weighted by molar-refractivity contribution is 5.90. The first-order valence-corrected chi connectivity index (χ1v) is 30.3. The van der Waals surface area contributed by atoms with Gasteiger partial charge in [-0.25, -0.2) is 14.4 Å². The highest BCUT2D eigenvalue weighted by atomic mass is 16.7. The molecule has 0 bridgehead atoms. The second-order valence-corrected chi connectivity index (χ2v) is 24.8. The SMILES string of the molecule is CC[C@H]1OC(=O)[C@H](C)[C@@H](O[C@H]2C[C@@](C)(OC)[C@@H](OC(=O)c3ccccc3)[C@H](C)O2)[C@H](C)[C@@H](O[C@@H]2O[C@H](C)C[C@H](N(C)C)[C@H]2OC(=O)c2ccccc2)[C@@](C)(OC)C[C@@H](C)C(=O)[C@H](C)C2N(CCCCn3cc(-c4cccc(N)c4)nn3)C(=O)O[C@@]21C. The number of unbranched alkanes of at least 4 members (excludes halogenated alkanes) is 1. The van der Waals surface area contributed by atoms with E-state index in [1.807, 2.05) is 97.1 Å². The number of carbonyl (C=O) groups excluding carboxylic acids is 5. The number of anilines is 1. The maximum atomic E-state index is 15.5. The molecule has 4 saturated heterocycles. The van der Waals surface area contributed by atoms with E-state index in [2.05, 4.69) is 10.3 Å². The van der Waals surface area contributed by atoms with E-state index in [-0.39, 0.29) is 43.7 Å². The van der Waals surface area contributed by atoms with Crippen LogP contribution in [0.1, 0.15) is 128 Å². The maximum absolute atomic E-state index is 15.5. The molecule has 0 saturated carbocycles. The van der Waals surface area contributed by atoms with Gasteiger partial charge in [0.2, 0.25) is 0 Å². The number of nitrogens with two attached hydrogens (primary N) is 1. The van der Waals surface area contributed by atoms with Crippen LogP contribution in [0.15, 0.2) is 91.1 Å². The first-order chi connectivity index (χ1) is 40.8. The molecular weight excluding hydrogens is 1100 g/mol. The summed E-state index contributed by atoms with van der Waals surface area (Å²) in [6, 6.07) is 23.5. The number of aromatic nitrogens is 3. The molecule has 1 aromatic heterocycles. The summed E-state index contributed by atoms with van der Waals surface area (Å²) in [6.07, 6.45) is -5.49. The second kappa shape index (κ2) is 27.8. The number of hydrogen-bond donors (Lipinski definition) is 1. The lowest BCUT2D eigenvalue weighted by Crippen LogP contribution is -2.62. The summed E-state index contributed by atoms with van der Waals surface area (Å²) in [5.74, 6) is -5.55. The van der Waals surface area contributed by atoms with Crippen molar-refractivity contribution in [1.82, 2.24) is 24.8 Å². The van der Waals surface area contributed by atoms with Gasteiger partial charge in [0.25, 0.3) is 0 Å². The molecule has 2 N–H and O–H groups in total. The number of hydrogen-bond acceptors (Lipinski definition) is 19. The number of ether oxygens (including phenoxy) is 10. The summed E-state index contributed by atoms with van der Waals surface area (Å²) in [4.78, 5) is 76.6. The third kappa shape index (κ3) is 14.3. The lowest BCUT2D eigenvalue weighted by Gasteiger charge is -2.50. The summed E-state index contributed by atoms with van der Waals surface area (Å²) in [5.41, 5.74) is 4.80. The molecule has 8 rings (SSSR count). The third-order valence-electron chi connectivity index (χ3n) is 18.3. The van der Waals surface area contributed by atoms with Gasteiger partial charge in [-0.3, -0.25) is 14.3 Å². The molecule has 1 unspecified atom stereocenters. The molecule has 5 heterocycles. The smallest absolute Gasteiger partial charge is 0.410 e. The van der Waals surface area contributed by atoms with Gasteiger partial charge in [-0.2, -0.15) is 0 Å². The van der Waals surface area contributed by atoms with Crippen molar-refractivity contribution in [2.45, 2.75) is 199 Å². The number of rotatable bonds is 18. The van der Waals surface area contributed by atoms with E-state index in [0.717, 1.165) is 5.56 Å². The highest BCUT2D eigenvalue weighted by Gasteiger charge is 2.61. The summed E-state index contributed by atoms with van der Waals surface area (Å²) in [6.45, 7) is 18.9. The predicted molar refractivity (Wildman–Crippen MR) is 318 cm³/mol. The van der Waals surface area contributed by atoms with Crippen LogP contribution in [-0.2, 0) is 63.5 Å². The Balaban J connectivity index is 1.16. The Bertz CT molecular complexity index is 2950. The fourth-order valence-corrected chi connectivity index (χ4v) is 13.5. The number of methoxy groups -OCH3 is 2. The fraction of sp³-hybridized carbons (Fsp3) is 0.615. The standard InChI is InChI=1S/C65H90N6O15/c1-15-50-65(10)55(71(62(76)86-65)32-23-22-31-70-37-48(67-68-70)46-29-24-30-47(66)34-46)40(4)52(72)38(2)35-63(8,77-13)56(85-61-54(49(69(11)12)33-39(3)79-61)83-59(74)44-25-18-16-19-26-44)41(5)53(42(6)58(73)81-50)82-51-36-64(9,78-14)57(43(7)80-51)84-60(75)45-27-20-17-21-28-45/h16-21,24-30,34,37-43,49-51,53-57,61H,15,22-23,31-33,35-36,66H2,1-14H3/t38-,39-,40+,41+,42-,43+,49+,50-,51+,53+,54-,55?,56-,57+,61+,63+,64-,65-/m1/s1. The Morgan fingerprint density at radius 3 is 2.00 bits per heavy atom. The molecule has 3 aromatic carbocycles. The monoisotopic (exact) mass is 1190 g/mol. The quantitative estimate of drug-likeness (QED) is 0.0423. The number of Topliss-reactive ketones (excluding diaryl/α,β-unsaturated/α-hetero) is 1. The van der Waals surface area contributed by atoms with Gasteiger partial charge in [0.15, 0.2) is 30.4 Å². The number of amides is 1. The van der Waals surface area contributed by atoms with Crippen molar-refractivity contribution < 1.29 is 71.3 Å². The Labute approximate surface area is 506 Å². The van der Waals surface area contributed by atoms with Gasteiger partial charge < -0.3 is 62.9 Å². The van der Waals surface area contributed by atoms with Crippen molar-refractivity contribution in [1.29, 1.82) is 0 Å². The number of aryl methyl sites for hydroxylation is 1. The van der Waals surface area contributed by atoms with Gasteiger partial charge in [0.1, 0.15) is 23.2 Å². The van der Waals surface area contributed by atoms with E-state index >= 15 is 9.59 Å². The molecule has 21 heteroatoms. The van der Waals surface area contributed by atoms with Gasteiger partial charge >= 0.3 is 24.0 Å². The number of benzene rings is 3. The second-order valence-electron chi connectivity index (χ2n) is 24.8. The molecule has 470 valence electrons. The van der Waals surface area contributed by atoms with E-state index in [1.165, 1.54) is 7.11 Å². The summed E-state index contributed by atoms with van der Waals surface area (Å²) < 4.78 is 68.1. The van der Waals surface area contributed by atoms with Crippen LogP contribution >= 0.6 is 0 Å². The molecule has 21 nitrogen and oxygen atoms in total. The molecule has 4 aliphatic heterocycles. The van der Waals surface area contributed by atoms with Crippen molar-refractivity contribution in [3.8, 4) is 11.3 Å². The van der Waals surface area contributed by atoms with Crippen molar-refractivity contribution in [3.05, 3.63) is 102 Å². The van der Waals surface area contributed by atoms with Crippen LogP contribution in [-0.4, -0.2) is 174 Å². The van der Waals surface area contributed by atoms with Crippen LogP contribution in [0.4, 0.5) is 10.5 Å². The summed E-state index contributed by atoms with van der Waals surface area (Å²) in [7, 11) is 6.88. The van der Waals surface area contributed by atoms with Crippen LogP contribution in [0.5, 0.6) is 0 Å². The van der Waals surface area contributed by atoms with E-state index < -0.39 is 120 Å². The number of nitrogen functional groups attached to an aromatic ring is 1. The molecule has 0 radical (unpaired) electrons. The number of likely N-dealkylation sites (N-methyl/N-ethyl adjacent to an activating group) is 1. The number of nitrogens with zero attached hydrogens (tertiary/aromatic N) is 5. The Morgan fingerprint density at radius 1 is 0.756 bits per heavy atom. The Hall–Kier alpha value is -6.33. The van der Waals surface area contributed by atoms with Crippen LogP contribution in [0.2, 0.25) is 0 Å². The maximum Gasteiger partial charge on any atom is 0.410 e. The molecule has 1 amide bonds. The van der Waals surface area contributed by atoms with E-state index in [0.29, 0.717) is 48.3 Å². The minimum absolute atomic E-state index is 0.0412. The Kier molecular flexibility index (Phi) is 21.2. The van der Waals surface area contributed by atoms with Gasteiger partial charge in [-0.05, 0) is 124 Å². The number of fused-ring (bicyclic) bond motifs is 1. The predicted octanol–water partition coefficient (Wildman–Crippen LogP) is 8.96. The van der Waals surface area contributed by atoms with Gasteiger partial charge in [0.05, 0.1) is 65.3 Å².